The SMILES string of the molecule is Cc1cn(-c2sc(C(C)O)cc2[N+](=O)[O-])cn1. The summed E-state index contributed by atoms with van der Waals surface area (Å²) in [6.45, 7) is 3.39. The quantitative estimate of drug-likeness (QED) is 0.671. The summed E-state index contributed by atoms with van der Waals surface area (Å²) in [7, 11) is 0. The molecule has 0 saturated heterocycles. The number of aliphatic hydroxyl groups is 1. The van der Waals surface area contributed by atoms with Crippen molar-refractivity contribution in [2.24, 2.45) is 0 Å². The number of hydrogen-bond donors (Lipinski definition) is 1. The molecule has 0 aromatic carbocycles. The lowest BCUT2D eigenvalue weighted by Crippen LogP contribution is -1.93. The number of aryl methyl sites for hydroxylation is 1. The molecule has 0 spiro atoms. The predicted octanol–water partition coefficient (Wildman–Crippen LogP) is 2.20. The summed E-state index contributed by atoms with van der Waals surface area (Å²) in [5.74, 6) is 0. The molecule has 2 aromatic rings. The second kappa shape index (κ2) is 4.27. The summed E-state index contributed by atoms with van der Waals surface area (Å²) in [5.41, 5.74) is 0.773. The van der Waals surface area contributed by atoms with E-state index in [1.807, 2.05) is 6.92 Å². The van der Waals surface area contributed by atoms with Crippen molar-refractivity contribution in [3.8, 4) is 5.00 Å². The maximum atomic E-state index is 10.9. The standard InChI is InChI=1S/C10H11N3O3S/c1-6-4-12(5-11-6)10-8(13(15)16)3-9(17-10)7(2)14/h3-5,7,14H,1-2H3. The van der Waals surface area contributed by atoms with Crippen LogP contribution in [0.2, 0.25) is 0 Å². The summed E-state index contributed by atoms with van der Waals surface area (Å²) >= 11 is 1.19. The van der Waals surface area contributed by atoms with Crippen LogP contribution in [-0.4, -0.2) is 19.6 Å². The number of imidazole rings is 1. The zero-order valence-corrected chi connectivity index (χ0v) is 10.1. The first-order chi connectivity index (χ1) is 7.99. The molecule has 7 heteroatoms. The molecule has 1 atom stereocenters. The predicted molar refractivity (Wildman–Crippen MR) is 63.5 cm³/mol. The van der Waals surface area contributed by atoms with Crippen molar-refractivity contribution in [1.82, 2.24) is 9.55 Å². The van der Waals surface area contributed by atoms with Crippen molar-refractivity contribution in [3.05, 3.63) is 39.3 Å². The zero-order valence-electron chi connectivity index (χ0n) is 9.32. The minimum absolute atomic E-state index is 0.0108. The van der Waals surface area contributed by atoms with Crippen molar-refractivity contribution in [1.29, 1.82) is 0 Å². The average molecular weight is 253 g/mol. The van der Waals surface area contributed by atoms with E-state index in [9.17, 15) is 15.2 Å². The highest BCUT2D eigenvalue weighted by Gasteiger charge is 2.22. The van der Waals surface area contributed by atoms with E-state index in [-0.39, 0.29) is 5.69 Å². The minimum Gasteiger partial charge on any atom is -0.388 e. The molecule has 0 aliphatic heterocycles. The normalized spacial score (nSPS) is 12.6. The van der Waals surface area contributed by atoms with Crippen molar-refractivity contribution in [2.75, 3.05) is 0 Å². The molecular weight excluding hydrogens is 242 g/mol. The van der Waals surface area contributed by atoms with Gasteiger partial charge in [0.1, 0.15) is 6.33 Å². The van der Waals surface area contributed by atoms with Crippen LogP contribution in [0.3, 0.4) is 0 Å². The van der Waals surface area contributed by atoms with E-state index in [2.05, 4.69) is 4.98 Å². The van der Waals surface area contributed by atoms with E-state index in [1.165, 1.54) is 23.7 Å². The Morgan fingerprint density at radius 2 is 2.35 bits per heavy atom. The van der Waals surface area contributed by atoms with Crippen molar-refractivity contribution < 1.29 is 10.0 Å². The Kier molecular flexibility index (Phi) is 2.95. The summed E-state index contributed by atoms with van der Waals surface area (Å²) in [5, 5.41) is 20.9. The lowest BCUT2D eigenvalue weighted by atomic mass is 10.3. The van der Waals surface area contributed by atoms with Crippen LogP contribution < -0.4 is 0 Å². The van der Waals surface area contributed by atoms with Crippen LogP contribution in [0.1, 0.15) is 23.6 Å². The molecule has 0 aliphatic carbocycles. The van der Waals surface area contributed by atoms with Crippen molar-refractivity contribution in [3.63, 3.8) is 0 Å². The molecule has 1 unspecified atom stereocenters. The largest absolute Gasteiger partial charge is 0.388 e. The molecule has 6 nitrogen and oxygen atoms in total. The monoisotopic (exact) mass is 253 g/mol. The number of rotatable bonds is 3. The molecule has 2 rings (SSSR count). The maximum Gasteiger partial charge on any atom is 0.304 e. The first kappa shape index (κ1) is 11.7. The van der Waals surface area contributed by atoms with Gasteiger partial charge in [0, 0.05) is 17.1 Å². The minimum atomic E-state index is -0.711. The molecule has 0 amide bonds. The maximum absolute atomic E-state index is 10.9. The van der Waals surface area contributed by atoms with Crippen LogP contribution in [0.4, 0.5) is 5.69 Å². The number of aliphatic hydroxyl groups excluding tert-OH is 1. The number of thiophene rings is 1. The summed E-state index contributed by atoms with van der Waals surface area (Å²) in [6.07, 6.45) is 2.53. The van der Waals surface area contributed by atoms with Gasteiger partial charge >= 0.3 is 5.69 Å². The topological polar surface area (TPSA) is 81.2 Å². The van der Waals surface area contributed by atoms with Gasteiger partial charge in [0.25, 0.3) is 0 Å². The second-order valence-corrected chi connectivity index (χ2v) is 4.76. The lowest BCUT2D eigenvalue weighted by molar-refractivity contribution is -0.384. The first-order valence-electron chi connectivity index (χ1n) is 4.96. The average Bonchev–Trinajstić information content (AvgIpc) is 2.82. The van der Waals surface area contributed by atoms with Gasteiger partial charge in [-0.3, -0.25) is 14.7 Å². The molecule has 0 bridgehead atoms. The summed E-state index contributed by atoms with van der Waals surface area (Å²) in [4.78, 5) is 15.1. The van der Waals surface area contributed by atoms with Crippen molar-refractivity contribution >= 4 is 17.0 Å². The molecule has 1 N–H and O–H groups in total. The highest BCUT2D eigenvalue weighted by molar-refractivity contribution is 7.15. The van der Waals surface area contributed by atoms with Gasteiger partial charge < -0.3 is 5.11 Å². The Hall–Kier alpha value is -1.73. The molecule has 0 fully saturated rings. The Labute approximate surface area is 101 Å². The molecule has 2 aromatic heterocycles. The van der Waals surface area contributed by atoms with Gasteiger partial charge in [-0.15, -0.1) is 11.3 Å². The van der Waals surface area contributed by atoms with Gasteiger partial charge in [-0.05, 0) is 13.8 Å². The molecule has 2 heterocycles. The van der Waals surface area contributed by atoms with Gasteiger partial charge in [0.15, 0.2) is 5.00 Å². The molecule has 0 radical (unpaired) electrons. The zero-order chi connectivity index (χ0) is 12.6. The molecule has 0 aliphatic rings. The molecule has 90 valence electrons. The number of aromatic nitrogens is 2. The molecule has 0 saturated carbocycles. The van der Waals surface area contributed by atoms with Crippen LogP contribution in [0, 0.1) is 17.0 Å². The van der Waals surface area contributed by atoms with E-state index < -0.39 is 11.0 Å². The summed E-state index contributed by atoms with van der Waals surface area (Å²) in [6, 6.07) is 1.40. The Bertz CT molecular complexity index is 559. The Morgan fingerprint density at radius 3 is 2.82 bits per heavy atom. The fraction of sp³-hybridized carbons (Fsp3) is 0.300. The molecule has 17 heavy (non-hydrogen) atoms. The summed E-state index contributed by atoms with van der Waals surface area (Å²) < 4.78 is 1.60. The van der Waals surface area contributed by atoms with Crippen LogP contribution >= 0.6 is 11.3 Å². The van der Waals surface area contributed by atoms with Gasteiger partial charge in [-0.1, -0.05) is 0 Å². The number of nitrogens with zero attached hydrogens (tertiary/aromatic N) is 3. The Balaban J connectivity index is 2.55. The van der Waals surface area contributed by atoms with Crippen LogP contribution in [0.25, 0.3) is 5.00 Å². The fourth-order valence-corrected chi connectivity index (χ4v) is 2.45. The van der Waals surface area contributed by atoms with Gasteiger partial charge in [0.2, 0.25) is 0 Å². The van der Waals surface area contributed by atoms with Gasteiger partial charge in [-0.2, -0.15) is 0 Å². The van der Waals surface area contributed by atoms with Crippen LogP contribution in [0.15, 0.2) is 18.6 Å². The number of nitro groups is 1. The lowest BCUT2D eigenvalue weighted by Gasteiger charge is -1.97. The van der Waals surface area contributed by atoms with Crippen molar-refractivity contribution in [2.45, 2.75) is 20.0 Å². The van der Waals surface area contributed by atoms with E-state index >= 15 is 0 Å². The molecular formula is C10H11N3O3S. The first-order valence-corrected chi connectivity index (χ1v) is 5.78. The smallest absolute Gasteiger partial charge is 0.304 e. The van der Waals surface area contributed by atoms with E-state index in [1.54, 1.807) is 17.7 Å². The third-order valence-corrected chi connectivity index (χ3v) is 3.58. The van der Waals surface area contributed by atoms with E-state index in [4.69, 9.17) is 0 Å². The van der Waals surface area contributed by atoms with E-state index in [0.717, 1.165) is 5.69 Å². The highest BCUT2D eigenvalue weighted by Crippen LogP contribution is 2.35. The van der Waals surface area contributed by atoms with Gasteiger partial charge in [0.05, 0.1) is 16.7 Å². The Morgan fingerprint density at radius 1 is 1.65 bits per heavy atom. The van der Waals surface area contributed by atoms with E-state index in [0.29, 0.717) is 9.88 Å². The number of hydrogen-bond acceptors (Lipinski definition) is 5. The highest BCUT2D eigenvalue weighted by atomic mass is 32.1. The fourth-order valence-electron chi connectivity index (χ4n) is 1.44. The third-order valence-electron chi connectivity index (χ3n) is 2.27. The van der Waals surface area contributed by atoms with Crippen LogP contribution in [-0.2, 0) is 0 Å². The van der Waals surface area contributed by atoms with Crippen LogP contribution in [0.5, 0.6) is 0 Å². The second-order valence-electron chi connectivity index (χ2n) is 3.69. The van der Waals surface area contributed by atoms with Gasteiger partial charge in [-0.25, -0.2) is 4.98 Å². The third kappa shape index (κ3) is 2.20.